The number of carbonyl (C=O) groups is 2. The third-order valence-electron chi connectivity index (χ3n) is 3.98. The van der Waals surface area contributed by atoms with Crippen molar-refractivity contribution in [2.24, 2.45) is 0 Å². The Morgan fingerprint density at radius 2 is 1.70 bits per heavy atom. The molecule has 6 nitrogen and oxygen atoms in total. The zero-order chi connectivity index (χ0) is 20.2. The highest BCUT2D eigenvalue weighted by Gasteiger charge is 2.17. The predicted octanol–water partition coefficient (Wildman–Crippen LogP) is 3.36. The molecule has 0 aromatic heterocycles. The van der Waals surface area contributed by atoms with E-state index < -0.39 is 11.8 Å². The summed E-state index contributed by atoms with van der Waals surface area (Å²) in [4.78, 5) is 25.5. The van der Waals surface area contributed by atoms with Crippen LogP contribution >= 0.6 is 0 Å². The van der Waals surface area contributed by atoms with Crippen molar-refractivity contribution in [2.45, 2.75) is 47.0 Å². The number of hydrogen-bond acceptors (Lipinski definition) is 5. The van der Waals surface area contributed by atoms with E-state index >= 15 is 0 Å². The van der Waals surface area contributed by atoms with Gasteiger partial charge in [-0.25, -0.2) is 4.39 Å². The summed E-state index contributed by atoms with van der Waals surface area (Å²) in [5.41, 5.74) is 0.169. The predicted molar refractivity (Wildman–Crippen MR) is 101 cm³/mol. The highest BCUT2D eigenvalue weighted by molar-refractivity contribution is 5.78. The molecule has 1 amide bonds. The van der Waals surface area contributed by atoms with E-state index in [1.165, 1.54) is 6.07 Å². The highest BCUT2D eigenvalue weighted by Crippen LogP contribution is 2.31. The van der Waals surface area contributed by atoms with Gasteiger partial charge in [0.25, 0.3) is 5.91 Å². The second-order valence-corrected chi connectivity index (χ2v) is 5.93. The molecular formula is C20H30FNO5. The van der Waals surface area contributed by atoms with Gasteiger partial charge in [-0.15, -0.1) is 0 Å². The number of hydrogen-bond donors (Lipinski definition) is 0. The Hall–Kier alpha value is -2.31. The monoisotopic (exact) mass is 383 g/mol. The maximum Gasteiger partial charge on any atom is 0.310 e. The van der Waals surface area contributed by atoms with Gasteiger partial charge in [0.05, 0.1) is 19.6 Å². The molecule has 0 saturated heterocycles. The van der Waals surface area contributed by atoms with E-state index in [2.05, 4.69) is 0 Å². The number of carbonyl (C=O) groups excluding carboxylic acids is 2. The Labute approximate surface area is 160 Å². The zero-order valence-electron chi connectivity index (χ0n) is 16.7. The molecule has 7 heteroatoms. The van der Waals surface area contributed by atoms with E-state index in [-0.39, 0.29) is 30.2 Å². The van der Waals surface area contributed by atoms with Crippen molar-refractivity contribution in [3.05, 3.63) is 23.5 Å². The molecule has 152 valence electrons. The molecule has 1 aromatic rings. The van der Waals surface area contributed by atoms with E-state index in [1.54, 1.807) is 11.8 Å². The van der Waals surface area contributed by atoms with Crippen molar-refractivity contribution >= 4 is 11.9 Å². The molecule has 0 heterocycles. The SMILES string of the molecule is CCCCOC(=O)Cc1cc(OCC)c(OCC(=O)N(CC)CC)cc1F. The van der Waals surface area contributed by atoms with Crippen LogP contribution in [0, 0.1) is 5.82 Å². The lowest BCUT2D eigenvalue weighted by atomic mass is 10.1. The highest BCUT2D eigenvalue weighted by atomic mass is 19.1. The average molecular weight is 383 g/mol. The Bertz CT molecular complexity index is 617. The van der Waals surface area contributed by atoms with Gasteiger partial charge in [0.15, 0.2) is 18.1 Å². The van der Waals surface area contributed by atoms with E-state index in [9.17, 15) is 14.0 Å². The minimum atomic E-state index is -0.601. The Kier molecular flexibility index (Phi) is 10.2. The largest absolute Gasteiger partial charge is 0.490 e. The summed E-state index contributed by atoms with van der Waals surface area (Å²) in [6.07, 6.45) is 1.49. The van der Waals surface area contributed by atoms with Crippen LogP contribution in [0.1, 0.15) is 46.1 Å². The van der Waals surface area contributed by atoms with Gasteiger partial charge in [-0.3, -0.25) is 9.59 Å². The molecule has 0 aliphatic carbocycles. The fourth-order valence-electron chi connectivity index (χ4n) is 2.44. The topological polar surface area (TPSA) is 65.1 Å². The van der Waals surface area contributed by atoms with Gasteiger partial charge in [-0.2, -0.15) is 0 Å². The lowest BCUT2D eigenvalue weighted by Crippen LogP contribution is -2.34. The number of amides is 1. The molecule has 0 fully saturated rings. The molecule has 0 N–H and O–H groups in total. The van der Waals surface area contributed by atoms with Crippen molar-refractivity contribution < 1.29 is 28.2 Å². The Balaban J connectivity index is 2.86. The van der Waals surface area contributed by atoms with Crippen molar-refractivity contribution in [1.29, 1.82) is 0 Å². The first-order valence-electron chi connectivity index (χ1n) is 9.48. The quantitative estimate of drug-likeness (QED) is 0.409. The Morgan fingerprint density at radius 3 is 2.30 bits per heavy atom. The lowest BCUT2D eigenvalue weighted by molar-refractivity contribution is -0.143. The van der Waals surface area contributed by atoms with Gasteiger partial charge >= 0.3 is 5.97 Å². The first kappa shape index (κ1) is 22.7. The van der Waals surface area contributed by atoms with E-state index in [0.29, 0.717) is 32.1 Å². The van der Waals surface area contributed by atoms with Crippen molar-refractivity contribution in [1.82, 2.24) is 4.90 Å². The van der Waals surface area contributed by atoms with Crippen LogP contribution in [-0.4, -0.2) is 49.7 Å². The molecule has 0 bridgehead atoms. The molecule has 0 spiro atoms. The summed E-state index contributed by atoms with van der Waals surface area (Å²) in [5.74, 6) is -0.849. The van der Waals surface area contributed by atoms with Crippen molar-refractivity contribution in [3.8, 4) is 11.5 Å². The van der Waals surface area contributed by atoms with Crippen LogP contribution in [0.5, 0.6) is 11.5 Å². The van der Waals surface area contributed by atoms with Gasteiger partial charge in [0.2, 0.25) is 0 Å². The van der Waals surface area contributed by atoms with Gasteiger partial charge in [0.1, 0.15) is 5.82 Å². The first-order chi connectivity index (χ1) is 13.0. The van der Waals surface area contributed by atoms with E-state index in [1.807, 2.05) is 20.8 Å². The summed E-state index contributed by atoms with van der Waals surface area (Å²) >= 11 is 0. The second-order valence-electron chi connectivity index (χ2n) is 5.93. The summed E-state index contributed by atoms with van der Waals surface area (Å²) < 4.78 is 30.4. The molecule has 0 radical (unpaired) electrons. The molecule has 1 aromatic carbocycles. The lowest BCUT2D eigenvalue weighted by Gasteiger charge is -2.19. The van der Waals surface area contributed by atoms with Crippen LogP contribution in [0.2, 0.25) is 0 Å². The van der Waals surface area contributed by atoms with Crippen LogP contribution in [0.3, 0.4) is 0 Å². The number of likely N-dealkylation sites (N-methyl/N-ethyl adjacent to an activating group) is 1. The molecule has 0 atom stereocenters. The van der Waals surface area contributed by atoms with Crippen LogP contribution in [0.4, 0.5) is 4.39 Å². The standard InChI is InChI=1S/C20H30FNO5/c1-5-9-10-26-20(24)12-15-11-17(25-8-4)18(13-16(15)21)27-14-19(23)22(6-2)7-3/h11,13H,5-10,12,14H2,1-4H3. The van der Waals surface area contributed by atoms with E-state index in [4.69, 9.17) is 14.2 Å². The van der Waals surface area contributed by atoms with Gasteiger partial charge in [0, 0.05) is 24.7 Å². The third-order valence-corrected chi connectivity index (χ3v) is 3.98. The smallest absolute Gasteiger partial charge is 0.310 e. The summed E-state index contributed by atoms with van der Waals surface area (Å²) in [6.45, 7) is 9.13. The minimum absolute atomic E-state index is 0.137. The molecule has 0 saturated carbocycles. The summed E-state index contributed by atoms with van der Waals surface area (Å²) in [7, 11) is 0. The zero-order valence-corrected chi connectivity index (χ0v) is 16.7. The fourth-order valence-corrected chi connectivity index (χ4v) is 2.44. The Morgan fingerprint density at radius 1 is 1.04 bits per heavy atom. The first-order valence-corrected chi connectivity index (χ1v) is 9.48. The third kappa shape index (κ3) is 7.45. The number of nitrogens with zero attached hydrogens (tertiary/aromatic N) is 1. The average Bonchev–Trinajstić information content (AvgIpc) is 2.64. The number of rotatable bonds is 12. The molecule has 0 unspecified atom stereocenters. The number of halogens is 1. The molecule has 0 aliphatic heterocycles. The summed E-state index contributed by atoms with van der Waals surface area (Å²) in [6, 6.07) is 2.58. The number of esters is 1. The maximum absolute atomic E-state index is 14.4. The molecule has 0 aliphatic rings. The van der Waals surface area contributed by atoms with Crippen LogP contribution in [0.15, 0.2) is 12.1 Å². The minimum Gasteiger partial charge on any atom is -0.490 e. The van der Waals surface area contributed by atoms with Gasteiger partial charge in [-0.05, 0) is 33.3 Å². The number of unbranched alkanes of at least 4 members (excludes halogenated alkanes) is 1. The number of ether oxygens (including phenoxy) is 3. The van der Waals surface area contributed by atoms with Crippen LogP contribution < -0.4 is 9.47 Å². The van der Waals surface area contributed by atoms with Crippen molar-refractivity contribution in [2.75, 3.05) is 32.9 Å². The van der Waals surface area contributed by atoms with E-state index in [0.717, 1.165) is 18.9 Å². The normalized spacial score (nSPS) is 10.4. The maximum atomic E-state index is 14.4. The van der Waals surface area contributed by atoms with Crippen LogP contribution in [-0.2, 0) is 20.7 Å². The summed E-state index contributed by atoms with van der Waals surface area (Å²) in [5, 5.41) is 0. The second kappa shape index (κ2) is 12.1. The molecular weight excluding hydrogens is 353 g/mol. The molecule has 1 rings (SSSR count). The fraction of sp³-hybridized carbons (Fsp3) is 0.600. The van der Waals surface area contributed by atoms with Gasteiger partial charge < -0.3 is 19.1 Å². The number of benzene rings is 1. The van der Waals surface area contributed by atoms with Crippen molar-refractivity contribution in [3.63, 3.8) is 0 Å². The van der Waals surface area contributed by atoms with Gasteiger partial charge in [-0.1, -0.05) is 13.3 Å². The van der Waals surface area contributed by atoms with Crippen LogP contribution in [0.25, 0.3) is 0 Å². The molecule has 27 heavy (non-hydrogen) atoms.